The van der Waals surface area contributed by atoms with Crippen LogP contribution in [0.2, 0.25) is 0 Å². The molecule has 0 bridgehead atoms. The van der Waals surface area contributed by atoms with Crippen LogP contribution in [0.4, 0.5) is 4.79 Å². The Morgan fingerprint density at radius 1 is 1.32 bits per heavy atom. The fourth-order valence-corrected chi connectivity index (χ4v) is 1.45. The first-order valence-electron chi connectivity index (χ1n) is 6.10. The molecule has 0 saturated carbocycles. The second-order valence-electron chi connectivity index (χ2n) is 4.86. The van der Waals surface area contributed by atoms with Crippen molar-refractivity contribution in [1.82, 2.24) is 10.6 Å². The first-order chi connectivity index (χ1) is 8.71. The highest BCUT2D eigenvalue weighted by Gasteiger charge is 2.24. The predicted molar refractivity (Wildman–Crippen MR) is 68.7 cm³/mol. The van der Waals surface area contributed by atoms with E-state index in [9.17, 15) is 14.4 Å². The largest absolute Gasteiger partial charge is 0.481 e. The van der Waals surface area contributed by atoms with Gasteiger partial charge in [0.15, 0.2) is 0 Å². The van der Waals surface area contributed by atoms with Gasteiger partial charge in [-0.2, -0.15) is 0 Å². The van der Waals surface area contributed by atoms with Crippen LogP contribution in [0.3, 0.4) is 0 Å². The Morgan fingerprint density at radius 3 is 2.32 bits per heavy atom. The number of esters is 1. The van der Waals surface area contributed by atoms with E-state index in [4.69, 9.17) is 5.11 Å². The summed E-state index contributed by atoms with van der Waals surface area (Å²) in [6.45, 7) is 5.18. The molecular weight excluding hydrogens is 252 g/mol. The van der Waals surface area contributed by atoms with Gasteiger partial charge >= 0.3 is 18.0 Å². The molecule has 0 saturated heterocycles. The molecule has 0 spiro atoms. The van der Waals surface area contributed by atoms with Gasteiger partial charge < -0.3 is 20.5 Å². The lowest BCUT2D eigenvalue weighted by atomic mass is 9.99. The number of nitrogens with one attached hydrogen (secondary N) is 2. The summed E-state index contributed by atoms with van der Waals surface area (Å²) < 4.78 is 4.55. The summed E-state index contributed by atoms with van der Waals surface area (Å²) in [7, 11) is 1.25. The Labute approximate surface area is 112 Å². The van der Waals surface area contributed by atoms with Crippen molar-refractivity contribution in [2.75, 3.05) is 7.11 Å². The lowest BCUT2D eigenvalue weighted by Crippen LogP contribution is -2.52. The zero-order chi connectivity index (χ0) is 15.1. The topological polar surface area (TPSA) is 105 Å². The summed E-state index contributed by atoms with van der Waals surface area (Å²) in [5.41, 5.74) is -0.670. The van der Waals surface area contributed by atoms with Crippen molar-refractivity contribution >= 4 is 18.0 Å². The summed E-state index contributed by atoms with van der Waals surface area (Å²) in [4.78, 5) is 33.5. The molecule has 0 heterocycles. The van der Waals surface area contributed by atoms with Gasteiger partial charge in [0.2, 0.25) is 0 Å². The first-order valence-corrected chi connectivity index (χ1v) is 6.10. The van der Waals surface area contributed by atoms with Crippen molar-refractivity contribution in [3.05, 3.63) is 0 Å². The van der Waals surface area contributed by atoms with Crippen molar-refractivity contribution in [3.63, 3.8) is 0 Å². The van der Waals surface area contributed by atoms with Crippen LogP contribution in [0.1, 0.15) is 40.0 Å². The van der Waals surface area contributed by atoms with Crippen LogP contribution in [0.5, 0.6) is 0 Å². The van der Waals surface area contributed by atoms with Crippen LogP contribution < -0.4 is 10.6 Å². The summed E-state index contributed by atoms with van der Waals surface area (Å²) in [6.07, 6.45) is 0.669. The van der Waals surface area contributed by atoms with E-state index < -0.39 is 29.6 Å². The van der Waals surface area contributed by atoms with Crippen molar-refractivity contribution < 1.29 is 24.2 Å². The lowest BCUT2D eigenvalue weighted by molar-refractivity contribution is -0.143. The minimum Gasteiger partial charge on any atom is -0.481 e. The minimum absolute atomic E-state index is 0.0402. The summed E-state index contributed by atoms with van der Waals surface area (Å²) in [6, 6.07) is -1.23. The first kappa shape index (κ1) is 17.2. The van der Waals surface area contributed by atoms with Gasteiger partial charge in [0.25, 0.3) is 0 Å². The molecule has 0 aromatic heterocycles. The SMILES string of the molecule is CCC(NC(=O)NC(C)(C)CCC(=O)O)C(=O)OC. The zero-order valence-corrected chi connectivity index (χ0v) is 11.8. The maximum atomic E-state index is 11.7. The third kappa shape index (κ3) is 7.28. The van der Waals surface area contributed by atoms with Crippen LogP contribution in [0.15, 0.2) is 0 Å². The van der Waals surface area contributed by atoms with E-state index in [0.717, 1.165) is 0 Å². The zero-order valence-electron chi connectivity index (χ0n) is 11.8. The highest BCUT2D eigenvalue weighted by Crippen LogP contribution is 2.11. The molecule has 19 heavy (non-hydrogen) atoms. The summed E-state index contributed by atoms with van der Waals surface area (Å²) >= 11 is 0. The van der Waals surface area contributed by atoms with Crippen LogP contribution in [0.25, 0.3) is 0 Å². The van der Waals surface area contributed by atoms with Crippen molar-refractivity contribution in [2.24, 2.45) is 0 Å². The number of carboxylic acid groups (broad SMARTS) is 1. The van der Waals surface area contributed by atoms with E-state index in [2.05, 4.69) is 15.4 Å². The van der Waals surface area contributed by atoms with Gasteiger partial charge in [0.1, 0.15) is 6.04 Å². The van der Waals surface area contributed by atoms with Crippen molar-refractivity contribution in [2.45, 2.75) is 51.6 Å². The molecule has 0 aliphatic rings. The maximum absolute atomic E-state index is 11.7. The molecule has 0 rings (SSSR count). The molecule has 1 unspecified atom stereocenters. The third-order valence-corrected chi connectivity index (χ3v) is 2.62. The smallest absolute Gasteiger partial charge is 0.328 e. The van der Waals surface area contributed by atoms with Crippen molar-refractivity contribution in [3.8, 4) is 0 Å². The van der Waals surface area contributed by atoms with E-state index in [0.29, 0.717) is 12.8 Å². The van der Waals surface area contributed by atoms with Crippen LogP contribution in [-0.4, -0.2) is 41.8 Å². The quantitative estimate of drug-likeness (QED) is 0.598. The lowest BCUT2D eigenvalue weighted by Gasteiger charge is -2.27. The molecule has 3 N–H and O–H groups in total. The molecule has 0 radical (unpaired) electrons. The number of amides is 2. The number of ether oxygens (including phenoxy) is 1. The van der Waals surface area contributed by atoms with Gasteiger partial charge in [0, 0.05) is 12.0 Å². The van der Waals surface area contributed by atoms with E-state index >= 15 is 0 Å². The summed E-state index contributed by atoms with van der Waals surface area (Å²) in [5.74, 6) is -1.43. The summed E-state index contributed by atoms with van der Waals surface area (Å²) in [5, 5.41) is 13.7. The standard InChI is InChI=1S/C12H22N2O5/c1-5-8(10(17)19-4)13-11(18)14-12(2,3)7-6-9(15)16/h8H,5-7H2,1-4H3,(H,15,16)(H2,13,14,18). The van der Waals surface area contributed by atoms with E-state index in [1.54, 1.807) is 20.8 Å². The number of hydrogen-bond donors (Lipinski definition) is 3. The third-order valence-electron chi connectivity index (χ3n) is 2.62. The van der Waals surface area contributed by atoms with Crippen LogP contribution in [0, 0.1) is 0 Å². The van der Waals surface area contributed by atoms with Crippen molar-refractivity contribution in [1.29, 1.82) is 0 Å². The Bertz CT molecular complexity index is 341. The second kappa shape index (κ2) is 7.60. The van der Waals surface area contributed by atoms with Gasteiger partial charge in [0.05, 0.1) is 7.11 Å². The highest BCUT2D eigenvalue weighted by molar-refractivity contribution is 5.83. The fraction of sp³-hybridized carbons (Fsp3) is 0.750. The Kier molecular flexibility index (Phi) is 6.89. The van der Waals surface area contributed by atoms with Crippen LogP contribution >= 0.6 is 0 Å². The van der Waals surface area contributed by atoms with Crippen LogP contribution in [-0.2, 0) is 14.3 Å². The number of urea groups is 1. The molecule has 2 amide bonds. The average molecular weight is 274 g/mol. The van der Waals surface area contributed by atoms with Gasteiger partial charge in [-0.3, -0.25) is 4.79 Å². The Hall–Kier alpha value is -1.79. The average Bonchev–Trinajstić information content (AvgIpc) is 2.32. The normalized spacial score (nSPS) is 12.4. The predicted octanol–water partition coefficient (Wildman–Crippen LogP) is 0.881. The number of carbonyl (C=O) groups excluding carboxylic acids is 2. The molecule has 0 aliphatic carbocycles. The number of carbonyl (C=O) groups is 3. The maximum Gasteiger partial charge on any atom is 0.328 e. The van der Waals surface area contributed by atoms with Gasteiger partial charge in [-0.25, -0.2) is 9.59 Å². The number of hydrogen-bond acceptors (Lipinski definition) is 4. The molecule has 110 valence electrons. The highest BCUT2D eigenvalue weighted by atomic mass is 16.5. The van der Waals surface area contributed by atoms with E-state index in [1.807, 2.05) is 0 Å². The molecular formula is C12H22N2O5. The molecule has 0 fully saturated rings. The molecule has 7 nitrogen and oxygen atoms in total. The fourth-order valence-electron chi connectivity index (χ4n) is 1.45. The Balaban J connectivity index is 4.35. The molecule has 1 atom stereocenters. The minimum atomic E-state index is -0.920. The van der Waals surface area contributed by atoms with Gasteiger partial charge in [-0.05, 0) is 26.7 Å². The van der Waals surface area contributed by atoms with Gasteiger partial charge in [-0.15, -0.1) is 0 Å². The van der Waals surface area contributed by atoms with Gasteiger partial charge in [-0.1, -0.05) is 6.92 Å². The monoisotopic (exact) mass is 274 g/mol. The molecule has 0 aromatic carbocycles. The second-order valence-corrected chi connectivity index (χ2v) is 4.86. The van der Waals surface area contributed by atoms with E-state index in [-0.39, 0.29) is 6.42 Å². The molecule has 0 aliphatic heterocycles. The number of carboxylic acids is 1. The number of aliphatic carboxylic acids is 1. The number of rotatable bonds is 7. The molecule has 7 heteroatoms. The van der Waals surface area contributed by atoms with E-state index in [1.165, 1.54) is 7.11 Å². The number of methoxy groups -OCH3 is 1. The molecule has 0 aromatic rings. The Morgan fingerprint density at radius 2 is 1.89 bits per heavy atom.